The fourth-order valence-corrected chi connectivity index (χ4v) is 4.75. The van der Waals surface area contributed by atoms with Crippen molar-refractivity contribution in [1.82, 2.24) is 29.4 Å². The molecule has 2 N–H and O–H groups in total. The van der Waals surface area contributed by atoms with E-state index in [1.165, 1.54) is 19.3 Å². The van der Waals surface area contributed by atoms with Crippen LogP contribution in [-0.2, 0) is 13.6 Å². The molecule has 0 bridgehead atoms. The second-order valence-corrected chi connectivity index (χ2v) is 8.81. The maximum atomic E-state index is 12.2. The molecule has 1 atom stereocenters. The number of aromatic nitrogens is 5. The molecule has 0 spiro atoms. The van der Waals surface area contributed by atoms with Crippen LogP contribution < -0.4 is 5.73 Å². The van der Waals surface area contributed by atoms with Crippen molar-refractivity contribution in [2.24, 2.45) is 12.8 Å². The summed E-state index contributed by atoms with van der Waals surface area (Å²) < 4.78 is 3.94. The molecule has 1 saturated heterocycles. The molecular weight excluding hydrogens is 390 g/mol. The number of nitrogens with zero attached hydrogens (tertiary/aromatic N) is 6. The number of hydrogen-bond acceptors (Lipinski definition) is 5. The number of hydrogen-bond donors (Lipinski definition) is 1. The summed E-state index contributed by atoms with van der Waals surface area (Å²) in [6.45, 7) is 2.60. The van der Waals surface area contributed by atoms with Crippen LogP contribution in [0.4, 0.5) is 0 Å². The van der Waals surface area contributed by atoms with Crippen LogP contribution in [0.15, 0.2) is 36.5 Å². The van der Waals surface area contributed by atoms with Gasteiger partial charge >= 0.3 is 0 Å². The van der Waals surface area contributed by atoms with Gasteiger partial charge in [0.2, 0.25) is 0 Å². The van der Waals surface area contributed by atoms with Crippen molar-refractivity contribution in [2.45, 2.75) is 50.5 Å². The SMILES string of the molecule is Cn1c(CN2CCC[C@H](c3nn(-c4ccccc4)cc3C(N)=O)C2)nnc1C1CCC1. The molecule has 2 aromatic heterocycles. The van der Waals surface area contributed by atoms with Gasteiger partial charge in [0.15, 0.2) is 0 Å². The number of carbonyl (C=O) groups excluding carboxylic acids is 1. The Morgan fingerprint density at radius 2 is 1.87 bits per heavy atom. The topological polar surface area (TPSA) is 94.9 Å². The van der Waals surface area contributed by atoms with Crippen molar-refractivity contribution in [2.75, 3.05) is 13.1 Å². The van der Waals surface area contributed by atoms with E-state index < -0.39 is 5.91 Å². The highest BCUT2D eigenvalue weighted by atomic mass is 16.1. The number of likely N-dealkylation sites (tertiary alicyclic amines) is 1. The summed E-state index contributed by atoms with van der Waals surface area (Å²) in [5, 5.41) is 13.7. The molecule has 8 heteroatoms. The minimum Gasteiger partial charge on any atom is -0.365 e. The van der Waals surface area contributed by atoms with E-state index in [1.807, 2.05) is 30.3 Å². The summed E-state index contributed by atoms with van der Waals surface area (Å²) in [6, 6.07) is 9.83. The molecule has 1 saturated carbocycles. The van der Waals surface area contributed by atoms with Gasteiger partial charge in [-0.05, 0) is 44.4 Å². The fraction of sp³-hybridized carbons (Fsp3) is 0.478. The van der Waals surface area contributed by atoms with E-state index in [0.29, 0.717) is 11.5 Å². The van der Waals surface area contributed by atoms with Crippen LogP contribution in [0.25, 0.3) is 5.69 Å². The maximum absolute atomic E-state index is 12.2. The van der Waals surface area contributed by atoms with Crippen LogP contribution in [-0.4, -0.2) is 48.4 Å². The lowest BCUT2D eigenvalue weighted by Crippen LogP contribution is -2.35. The summed E-state index contributed by atoms with van der Waals surface area (Å²) in [7, 11) is 2.08. The molecule has 3 aromatic rings. The number of nitrogens with two attached hydrogens (primary N) is 1. The predicted octanol–water partition coefficient (Wildman–Crippen LogP) is 2.75. The molecule has 162 valence electrons. The first kappa shape index (κ1) is 19.9. The second-order valence-electron chi connectivity index (χ2n) is 8.81. The van der Waals surface area contributed by atoms with Gasteiger partial charge in [-0.2, -0.15) is 5.10 Å². The Morgan fingerprint density at radius 3 is 2.58 bits per heavy atom. The van der Waals surface area contributed by atoms with Gasteiger partial charge in [0.1, 0.15) is 11.6 Å². The van der Waals surface area contributed by atoms with E-state index in [-0.39, 0.29) is 5.92 Å². The van der Waals surface area contributed by atoms with Crippen LogP contribution in [0.1, 0.15) is 71.6 Å². The maximum Gasteiger partial charge on any atom is 0.252 e. The Hall–Kier alpha value is -3.00. The first-order valence-corrected chi connectivity index (χ1v) is 11.2. The van der Waals surface area contributed by atoms with E-state index in [9.17, 15) is 4.79 Å². The monoisotopic (exact) mass is 419 g/mol. The van der Waals surface area contributed by atoms with Gasteiger partial charge in [-0.1, -0.05) is 24.6 Å². The molecule has 1 amide bonds. The highest BCUT2D eigenvalue weighted by Gasteiger charge is 2.30. The molecule has 1 aliphatic carbocycles. The Labute approximate surface area is 182 Å². The number of primary amides is 1. The molecule has 2 fully saturated rings. The van der Waals surface area contributed by atoms with Crippen LogP contribution in [0, 0.1) is 0 Å². The standard InChI is InChI=1S/C23H29N7O/c1-28-20(25-26-23(28)16-7-5-8-16)15-29-12-6-9-17(13-29)21-19(22(24)31)14-30(27-21)18-10-3-2-4-11-18/h2-4,10-11,14,16-17H,5-9,12-13,15H2,1H3,(H2,24,31)/t17-/m0/s1. The third kappa shape index (κ3) is 3.87. The number of benzene rings is 1. The Kier molecular flexibility index (Phi) is 5.31. The van der Waals surface area contributed by atoms with Gasteiger partial charge in [0.25, 0.3) is 5.91 Å². The number of para-hydroxylation sites is 1. The van der Waals surface area contributed by atoms with Crippen LogP contribution in [0.3, 0.4) is 0 Å². The summed E-state index contributed by atoms with van der Waals surface area (Å²) >= 11 is 0. The first-order valence-electron chi connectivity index (χ1n) is 11.2. The van der Waals surface area contributed by atoms with Gasteiger partial charge in [-0.15, -0.1) is 10.2 Å². The third-order valence-electron chi connectivity index (χ3n) is 6.76. The molecule has 8 nitrogen and oxygen atoms in total. The molecule has 1 aliphatic heterocycles. The molecule has 1 aromatic carbocycles. The lowest BCUT2D eigenvalue weighted by atomic mass is 9.85. The lowest BCUT2D eigenvalue weighted by molar-refractivity contribution is 0.0997. The zero-order valence-electron chi connectivity index (χ0n) is 17.9. The van der Waals surface area contributed by atoms with Crippen molar-refractivity contribution >= 4 is 5.91 Å². The van der Waals surface area contributed by atoms with Crippen LogP contribution in [0.2, 0.25) is 0 Å². The molecular formula is C23H29N7O. The minimum atomic E-state index is -0.423. The summed E-state index contributed by atoms with van der Waals surface area (Å²) in [4.78, 5) is 14.6. The van der Waals surface area contributed by atoms with Gasteiger partial charge in [0.05, 0.1) is 23.5 Å². The number of piperidine rings is 1. The molecule has 2 aliphatic rings. The first-order chi connectivity index (χ1) is 15.1. The summed E-state index contributed by atoms with van der Waals surface area (Å²) in [5.74, 6) is 2.44. The third-order valence-corrected chi connectivity index (χ3v) is 6.76. The largest absolute Gasteiger partial charge is 0.365 e. The molecule has 3 heterocycles. The Bertz CT molecular complexity index is 1070. The smallest absolute Gasteiger partial charge is 0.252 e. The van der Waals surface area contributed by atoms with Crippen LogP contribution >= 0.6 is 0 Å². The van der Waals surface area contributed by atoms with E-state index in [0.717, 1.165) is 55.5 Å². The molecule has 0 radical (unpaired) electrons. The zero-order valence-corrected chi connectivity index (χ0v) is 17.9. The lowest BCUT2D eigenvalue weighted by Gasteiger charge is -2.32. The van der Waals surface area contributed by atoms with E-state index in [4.69, 9.17) is 10.8 Å². The summed E-state index contributed by atoms with van der Waals surface area (Å²) in [5.41, 5.74) is 7.95. The fourth-order valence-electron chi connectivity index (χ4n) is 4.75. The number of carbonyl (C=O) groups is 1. The van der Waals surface area contributed by atoms with Crippen molar-refractivity contribution in [1.29, 1.82) is 0 Å². The van der Waals surface area contributed by atoms with Gasteiger partial charge in [-0.3, -0.25) is 9.69 Å². The average Bonchev–Trinajstić information content (AvgIpc) is 3.34. The van der Waals surface area contributed by atoms with E-state index in [2.05, 4.69) is 26.7 Å². The highest BCUT2D eigenvalue weighted by molar-refractivity contribution is 5.94. The number of amides is 1. The quantitative estimate of drug-likeness (QED) is 0.663. The highest BCUT2D eigenvalue weighted by Crippen LogP contribution is 2.35. The average molecular weight is 420 g/mol. The molecule has 5 rings (SSSR count). The van der Waals surface area contributed by atoms with Crippen molar-refractivity contribution < 1.29 is 4.79 Å². The Balaban J connectivity index is 1.35. The van der Waals surface area contributed by atoms with Crippen molar-refractivity contribution in [3.05, 3.63) is 59.4 Å². The normalized spacial score (nSPS) is 20.0. The van der Waals surface area contributed by atoms with Gasteiger partial charge in [0, 0.05) is 31.6 Å². The Morgan fingerprint density at radius 1 is 1.10 bits per heavy atom. The van der Waals surface area contributed by atoms with Crippen molar-refractivity contribution in [3.8, 4) is 5.69 Å². The van der Waals surface area contributed by atoms with Gasteiger partial charge in [-0.25, -0.2) is 4.68 Å². The molecule has 31 heavy (non-hydrogen) atoms. The minimum absolute atomic E-state index is 0.167. The van der Waals surface area contributed by atoms with E-state index >= 15 is 0 Å². The van der Waals surface area contributed by atoms with Gasteiger partial charge < -0.3 is 10.3 Å². The number of rotatable bonds is 6. The van der Waals surface area contributed by atoms with Crippen molar-refractivity contribution in [3.63, 3.8) is 0 Å². The second kappa shape index (κ2) is 8.26. The summed E-state index contributed by atoms with van der Waals surface area (Å²) in [6.07, 6.45) is 7.54. The van der Waals surface area contributed by atoms with E-state index in [1.54, 1.807) is 10.9 Å². The van der Waals surface area contributed by atoms with Crippen LogP contribution in [0.5, 0.6) is 0 Å². The predicted molar refractivity (Wildman–Crippen MR) is 117 cm³/mol. The molecule has 0 unspecified atom stereocenters. The zero-order chi connectivity index (χ0) is 21.4.